The molecule has 2 heterocycles. The summed E-state index contributed by atoms with van der Waals surface area (Å²) in [6, 6.07) is 9.43. The summed E-state index contributed by atoms with van der Waals surface area (Å²) in [7, 11) is 1.72. The molecule has 0 aliphatic carbocycles. The summed E-state index contributed by atoms with van der Waals surface area (Å²) in [6.07, 6.45) is -1.06. The molecule has 0 saturated heterocycles. The molecule has 0 saturated carbocycles. The van der Waals surface area contributed by atoms with Crippen molar-refractivity contribution in [2.45, 2.75) is 32.9 Å². The molecule has 29 heavy (non-hydrogen) atoms. The van der Waals surface area contributed by atoms with Gasteiger partial charge in [0.15, 0.2) is 17.5 Å². The van der Waals surface area contributed by atoms with Crippen LogP contribution in [0.25, 0.3) is 0 Å². The maximum Gasteiger partial charge on any atom is 0.414 e. The van der Waals surface area contributed by atoms with Crippen molar-refractivity contribution in [2.24, 2.45) is 12.2 Å². The lowest BCUT2D eigenvalue weighted by molar-refractivity contribution is 0.128. The molecule has 11 heteroatoms. The second-order valence-electron chi connectivity index (χ2n) is 7.12. The zero-order chi connectivity index (χ0) is 21.0. The first kappa shape index (κ1) is 20.4. The molecular weight excluding hydrogens is 394 g/mol. The van der Waals surface area contributed by atoms with E-state index < -0.39 is 11.6 Å². The number of carboxylic acid groups (broad SMARTS) is 1. The Labute approximate surface area is 171 Å². The van der Waals surface area contributed by atoms with Crippen LogP contribution in [0.2, 0.25) is 0 Å². The van der Waals surface area contributed by atoms with Crippen LogP contribution in [0.1, 0.15) is 37.9 Å². The summed E-state index contributed by atoms with van der Waals surface area (Å²) in [5.74, 6) is 0.458. The number of aromatic nitrogens is 5. The first-order valence-corrected chi connectivity index (χ1v) is 9.61. The van der Waals surface area contributed by atoms with Gasteiger partial charge in [0.1, 0.15) is 0 Å². The maximum atomic E-state index is 11.6. The van der Waals surface area contributed by atoms with Crippen LogP contribution in [0, 0.1) is 0 Å². The molecular formula is C18H21N7O3S. The van der Waals surface area contributed by atoms with E-state index in [4.69, 9.17) is 4.84 Å². The fourth-order valence-electron chi connectivity index (χ4n) is 2.53. The number of oxime groups is 1. The van der Waals surface area contributed by atoms with Crippen LogP contribution in [0.5, 0.6) is 0 Å². The number of tetrazole rings is 1. The minimum absolute atomic E-state index is 0.0791. The Balaban J connectivity index is 1.80. The van der Waals surface area contributed by atoms with Gasteiger partial charge in [-0.1, -0.05) is 35.5 Å². The van der Waals surface area contributed by atoms with Crippen molar-refractivity contribution >= 4 is 28.3 Å². The quantitative estimate of drug-likeness (QED) is 0.486. The van der Waals surface area contributed by atoms with E-state index in [1.807, 2.05) is 51.1 Å². The first-order valence-electron chi connectivity index (χ1n) is 8.73. The number of anilines is 1. The number of benzene rings is 1. The zero-order valence-electron chi connectivity index (χ0n) is 16.5. The van der Waals surface area contributed by atoms with Crippen LogP contribution in [-0.2, 0) is 18.5 Å². The van der Waals surface area contributed by atoms with Crippen molar-refractivity contribution in [3.05, 3.63) is 52.8 Å². The number of aryl methyl sites for hydroxylation is 1. The van der Waals surface area contributed by atoms with Crippen LogP contribution in [0.15, 0.2) is 40.9 Å². The molecule has 3 aromatic rings. The normalized spacial score (nSPS) is 12.1. The number of hydrogen-bond donors (Lipinski definition) is 1. The van der Waals surface area contributed by atoms with Gasteiger partial charge in [-0.2, -0.15) is 0 Å². The Hall–Kier alpha value is -3.34. The van der Waals surface area contributed by atoms with E-state index in [9.17, 15) is 9.90 Å². The van der Waals surface area contributed by atoms with Crippen molar-refractivity contribution in [2.75, 3.05) is 4.90 Å². The standard InChI is InChI=1S/C18H21N7O3S/c1-18(2,3)25(17(26)27)16-19-13(11-29-16)10-28-21-14(12-8-6-5-7-9-12)15-20-22-23-24(15)4/h5-9,11H,10H2,1-4H3,(H,26,27)/b21-14-. The highest BCUT2D eigenvalue weighted by molar-refractivity contribution is 7.14. The van der Waals surface area contributed by atoms with Crippen LogP contribution >= 0.6 is 11.3 Å². The monoisotopic (exact) mass is 415 g/mol. The Kier molecular flexibility index (Phi) is 5.87. The molecule has 0 fully saturated rings. The number of hydrogen-bond acceptors (Lipinski definition) is 8. The van der Waals surface area contributed by atoms with Crippen LogP contribution in [0.4, 0.5) is 9.93 Å². The lowest BCUT2D eigenvalue weighted by Crippen LogP contribution is -2.45. The molecule has 0 atom stereocenters. The average molecular weight is 415 g/mol. The topological polar surface area (TPSA) is 119 Å². The highest BCUT2D eigenvalue weighted by Gasteiger charge is 2.30. The van der Waals surface area contributed by atoms with E-state index in [0.29, 0.717) is 22.4 Å². The van der Waals surface area contributed by atoms with Gasteiger partial charge in [0.2, 0.25) is 5.82 Å². The summed E-state index contributed by atoms with van der Waals surface area (Å²) in [4.78, 5) is 22.7. The first-order chi connectivity index (χ1) is 13.8. The van der Waals surface area contributed by atoms with Crippen LogP contribution in [0.3, 0.4) is 0 Å². The van der Waals surface area contributed by atoms with Gasteiger partial charge < -0.3 is 9.94 Å². The van der Waals surface area contributed by atoms with Crippen molar-refractivity contribution in [1.82, 2.24) is 25.2 Å². The molecule has 0 bridgehead atoms. The molecule has 0 aliphatic heterocycles. The molecule has 0 aliphatic rings. The Morgan fingerprint density at radius 2 is 2.03 bits per heavy atom. The van der Waals surface area contributed by atoms with Crippen molar-refractivity contribution in [3.8, 4) is 0 Å². The Morgan fingerprint density at radius 3 is 2.62 bits per heavy atom. The molecule has 2 aromatic heterocycles. The Morgan fingerprint density at radius 1 is 1.31 bits per heavy atom. The summed E-state index contributed by atoms with van der Waals surface area (Å²) in [6.45, 7) is 5.51. The van der Waals surface area contributed by atoms with Crippen molar-refractivity contribution in [1.29, 1.82) is 0 Å². The number of thiazole rings is 1. The molecule has 0 unspecified atom stereocenters. The molecule has 1 N–H and O–H groups in total. The van der Waals surface area contributed by atoms with E-state index in [2.05, 4.69) is 25.7 Å². The van der Waals surface area contributed by atoms with Crippen LogP contribution < -0.4 is 4.90 Å². The molecule has 0 spiro atoms. The molecule has 10 nitrogen and oxygen atoms in total. The number of carbonyl (C=O) groups is 1. The molecule has 152 valence electrons. The largest absolute Gasteiger partial charge is 0.465 e. The SMILES string of the molecule is Cn1nnnc1/C(=N\OCc1csc(N(C(=O)O)C(C)(C)C)n1)c1ccccc1. The number of rotatable bonds is 6. The fraction of sp³-hybridized carbons (Fsp3) is 0.333. The molecule has 3 rings (SSSR count). The maximum absolute atomic E-state index is 11.6. The lowest BCUT2D eigenvalue weighted by Gasteiger charge is -2.30. The van der Waals surface area contributed by atoms with E-state index in [0.717, 1.165) is 5.56 Å². The van der Waals surface area contributed by atoms with E-state index in [-0.39, 0.29) is 6.61 Å². The molecule has 0 radical (unpaired) electrons. The number of amides is 1. The Bertz CT molecular complexity index is 1010. The average Bonchev–Trinajstić information content (AvgIpc) is 3.27. The van der Waals surface area contributed by atoms with Crippen molar-refractivity contribution in [3.63, 3.8) is 0 Å². The summed E-state index contributed by atoms with van der Waals surface area (Å²) in [5.41, 5.74) is 1.25. The van der Waals surface area contributed by atoms with Crippen molar-refractivity contribution < 1.29 is 14.7 Å². The molecule has 1 amide bonds. The van der Waals surface area contributed by atoms with Gasteiger partial charge in [0.05, 0.1) is 5.69 Å². The van der Waals surface area contributed by atoms with Gasteiger partial charge in [0.25, 0.3) is 0 Å². The van der Waals surface area contributed by atoms with E-state index >= 15 is 0 Å². The van der Waals surface area contributed by atoms with Gasteiger partial charge in [-0.25, -0.2) is 19.4 Å². The summed E-state index contributed by atoms with van der Waals surface area (Å²) >= 11 is 1.24. The van der Waals surface area contributed by atoms with Gasteiger partial charge in [-0.3, -0.25) is 0 Å². The summed E-state index contributed by atoms with van der Waals surface area (Å²) < 4.78 is 1.50. The summed E-state index contributed by atoms with van der Waals surface area (Å²) in [5, 5.41) is 27.3. The zero-order valence-corrected chi connectivity index (χ0v) is 17.3. The smallest absolute Gasteiger partial charge is 0.414 e. The predicted octanol–water partition coefficient (Wildman–Crippen LogP) is 2.92. The minimum atomic E-state index is -1.06. The highest BCUT2D eigenvalue weighted by Crippen LogP contribution is 2.28. The van der Waals surface area contributed by atoms with E-state index in [1.54, 1.807) is 12.4 Å². The third-order valence-corrected chi connectivity index (χ3v) is 4.72. The third-order valence-electron chi connectivity index (χ3n) is 3.84. The highest BCUT2D eigenvalue weighted by atomic mass is 32.1. The lowest BCUT2D eigenvalue weighted by atomic mass is 10.1. The fourth-order valence-corrected chi connectivity index (χ4v) is 3.52. The second-order valence-corrected chi connectivity index (χ2v) is 7.95. The van der Waals surface area contributed by atoms with E-state index in [1.165, 1.54) is 20.9 Å². The third kappa shape index (κ3) is 4.74. The van der Waals surface area contributed by atoms with Gasteiger partial charge in [0, 0.05) is 23.5 Å². The van der Waals surface area contributed by atoms with Gasteiger partial charge in [-0.15, -0.1) is 16.4 Å². The minimum Gasteiger partial charge on any atom is -0.465 e. The van der Waals surface area contributed by atoms with Gasteiger partial charge >= 0.3 is 6.09 Å². The number of nitrogens with zero attached hydrogens (tertiary/aromatic N) is 7. The molecule has 1 aromatic carbocycles. The second kappa shape index (κ2) is 8.35. The predicted molar refractivity (Wildman–Crippen MR) is 108 cm³/mol. The van der Waals surface area contributed by atoms with Crippen LogP contribution in [-0.4, -0.2) is 47.6 Å². The van der Waals surface area contributed by atoms with Gasteiger partial charge in [-0.05, 0) is 31.2 Å².